The van der Waals surface area contributed by atoms with E-state index in [0.29, 0.717) is 18.7 Å². The molecule has 1 aliphatic heterocycles. The number of nitrogens with zero attached hydrogens (tertiary/aromatic N) is 3. The summed E-state index contributed by atoms with van der Waals surface area (Å²) < 4.78 is 26.1. The first-order chi connectivity index (χ1) is 13.8. The third-order valence-electron chi connectivity index (χ3n) is 3.50. The number of guanidine groups is 1. The monoisotopic (exact) mass is 408 g/mol. The minimum Gasteiger partial charge on any atom is -0.495 e. The Labute approximate surface area is 171 Å². The van der Waals surface area contributed by atoms with Crippen LogP contribution in [0.2, 0.25) is 0 Å². The van der Waals surface area contributed by atoms with E-state index >= 15 is 0 Å². The van der Waals surface area contributed by atoms with Crippen LogP contribution >= 0.6 is 0 Å². The van der Waals surface area contributed by atoms with E-state index in [1.807, 2.05) is 19.9 Å². The molecule has 2 N–H and O–H groups in total. The molecular weight excluding hydrogens is 378 g/mol. The molecule has 0 atom stereocenters. The molecule has 8 heteroatoms. The second-order valence-corrected chi connectivity index (χ2v) is 5.71. The standard InChI is InChI=1S/C19H26N4O2.C2H4F2/c1-5-8-12-25-14-17(22-19(20)21-6-2)15(4)16-10-9-11-23(7-3)18(24)13-16;1-2(3)4/h5-6,8-9,11-13H,1,7,10,14H2,2-4H3,(H2,20,22);2H,1H3/b12-8-,17-15+,21-6-;. The van der Waals surface area contributed by atoms with Gasteiger partial charge >= 0.3 is 0 Å². The Bertz CT molecular complexity index is 717. The van der Waals surface area contributed by atoms with E-state index in [9.17, 15) is 13.6 Å². The van der Waals surface area contributed by atoms with Gasteiger partial charge in [0.25, 0.3) is 5.91 Å². The van der Waals surface area contributed by atoms with Gasteiger partial charge in [-0.15, -0.1) is 0 Å². The molecule has 160 valence electrons. The minimum atomic E-state index is -2.17. The highest BCUT2D eigenvalue weighted by Gasteiger charge is 2.14. The van der Waals surface area contributed by atoms with Crippen molar-refractivity contribution in [1.82, 2.24) is 4.90 Å². The maximum absolute atomic E-state index is 12.2. The van der Waals surface area contributed by atoms with Gasteiger partial charge in [0.05, 0.1) is 12.0 Å². The van der Waals surface area contributed by atoms with E-state index < -0.39 is 6.43 Å². The summed E-state index contributed by atoms with van der Waals surface area (Å²) in [5.41, 5.74) is 8.14. The summed E-state index contributed by atoms with van der Waals surface area (Å²) >= 11 is 0. The number of hydrogen-bond acceptors (Lipinski definition) is 3. The summed E-state index contributed by atoms with van der Waals surface area (Å²) in [6, 6.07) is 0. The molecule has 0 aliphatic carbocycles. The lowest BCUT2D eigenvalue weighted by Crippen LogP contribution is -2.22. The fourth-order valence-corrected chi connectivity index (χ4v) is 2.14. The van der Waals surface area contributed by atoms with E-state index in [2.05, 4.69) is 16.6 Å². The first-order valence-electron chi connectivity index (χ1n) is 9.14. The lowest BCUT2D eigenvalue weighted by molar-refractivity contribution is -0.123. The summed E-state index contributed by atoms with van der Waals surface area (Å²) in [4.78, 5) is 22.2. The molecule has 0 saturated heterocycles. The number of halogens is 2. The molecule has 0 unspecified atom stereocenters. The van der Waals surface area contributed by atoms with Gasteiger partial charge in [0.2, 0.25) is 12.4 Å². The van der Waals surface area contributed by atoms with Gasteiger partial charge in [-0.3, -0.25) is 4.79 Å². The van der Waals surface area contributed by atoms with Crippen molar-refractivity contribution in [3.63, 3.8) is 0 Å². The summed E-state index contributed by atoms with van der Waals surface area (Å²) in [5.74, 6) is 0.0837. The second-order valence-electron chi connectivity index (χ2n) is 5.71. The first kappa shape index (κ1) is 26.0. The van der Waals surface area contributed by atoms with E-state index in [-0.39, 0.29) is 18.5 Å². The van der Waals surface area contributed by atoms with Crippen LogP contribution in [-0.4, -0.2) is 42.6 Å². The average molecular weight is 408 g/mol. The predicted molar refractivity (Wildman–Crippen MR) is 115 cm³/mol. The van der Waals surface area contributed by atoms with Crippen LogP contribution in [0.3, 0.4) is 0 Å². The zero-order chi connectivity index (χ0) is 22.2. The normalized spacial score (nSPS) is 15.8. The molecule has 1 aliphatic rings. The molecule has 0 aromatic rings. The van der Waals surface area contributed by atoms with Crippen LogP contribution in [0.5, 0.6) is 0 Å². The van der Waals surface area contributed by atoms with Gasteiger partial charge in [-0.05, 0) is 51.3 Å². The zero-order valence-corrected chi connectivity index (χ0v) is 17.4. The van der Waals surface area contributed by atoms with Crippen LogP contribution in [-0.2, 0) is 9.53 Å². The molecule has 6 nitrogen and oxygen atoms in total. The number of aliphatic imine (C=N–C) groups is 2. The smallest absolute Gasteiger partial charge is 0.250 e. The van der Waals surface area contributed by atoms with E-state index in [4.69, 9.17) is 10.5 Å². The Hall–Kier alpha value is -3.03. The number of amides is 1. The van der Waals surface area contributed by atoms with Crippen molar-refractivity contribution in [2.75, 3.05) is 13.2 Å². The van der Waals surface area contributed by atoms with Crippen LogP contribution < -0.4 is 5.73 Å². The van der Waals surface area contributed by atoms with E-state index in [1.165, 1.54) is 6.26 Å². The Morgan fingerprint density at radius 2 is 2.14 bits per heavy atom. The summed E-state index contributed by atoms with van der Waals surface area (Å²) in [6.07, 6.45) is 10.3. The van der Waals surface area contributed by atoms with Gasteiger partial charge < -0.3 is 15.4 Å². The van der Waals surface area contributed by atoms with E-state index in [1.54, 1.807) is 42.5 Å². The number of alkyl halides is 2. The third kappa shape index (κ3) is 11.4. The van der Waals surface area contributed by atoms with Crippen molar-refractivity contribution < 1.29 is 18.3 Å². The minimum absolute atomic E-state index is 0.0547. The largest absolute Gasteiger partial charge is 0.495 e. The molecule has 0 aromatic heterocycles. The van der Waals surface area contributed by atoms with Gasteiger partial charge in [0, 0.05) is 25.0 Å². The van der Waals surface area contributed by atoms with Crippen molar-refractivity contribution in [2.45, 2.75) is 40.5 Å². The van der Waals surface area contributed by atoms with Crippen molar-refractivity contribution in [3.8, 4) is 0 Å². The Balaban J connectivity index is 0.00000178. The van der Waals surface area contributed by atoms with Crippen LogP contribution in [0.1, 0.15) is 34.1 Å². The van der Waals surface area contributed by atoms with Gasteiger partial charge in [-0.2, -0.15) is 0 Å². The van der Waals surface area contributed by atoms with Gasteiger partial charge in [-0.25, -0.2) is 18.8 Å². The molecule has 0 bridgehead atoms. The SMILES string of the molecule is C=C/C=C\OCC(/N=C(N)/N=C\C)=C(/C)C1=CC(=O)N(CC)C=CC1.CC(F)F. The molecule has 0 spiro atoms. The van der Waals surface area contributed by atoms with Crippen LogP contribution in [0.25, 0.3) is 0 Å². The molecule has 1 rings (SSSR count). The van der Waals surface area contributed by atoms with Crippen molar-refractivity contribution >= 4 is 18.1 Å². The third-order valence-corrected chi connectivity index (χ3v) is 3.50. The van der Waals surface area contributed by atoms with Crippen LogP contribution in [0, 0.1) is 0 Å². The first-order valence-corrected chi connectivity index (χ1v) is 9.14. The Kier molecular flexibility index (Phi) is 13.4. The molecule has 29 heavy (non-hydrogen) atoms. The molecule has 0 saturated carbocycles. The number of carbonyl (C=O) groups excluding carboxylic acids is 1. The highest BCUT2D eigenvalue weighted by Crippen LogP contribution is 2.22. The topological polar surface area (TPSA) is 80.3 Å². The molecule has 1 heterocycles. The second kappa shape index (κ2) is 15.0. The van der Waals surface area contributed by atoms with Gasteiger partial charge in [-0.1, -0.05) is 18.7 Å². The Morgan fingerprint density at radius 1 is 1.48 bits per heavy atom. The maximum Gasteiger partial charge on any atom is 0.250 e. The van der Waals surface area contributed by atoms with Crippen LogP contribution in [0.4, 0.5) is 8.78 Å². The van der Waals surface area contributed by atoms with Crippen molar-refractivity contribution in [2.24, 2.45) is 15.7 Å². The lowest BCUT2D eigenvalue weighted by atomic mass is 10.0. The Morgan fingerprint density at radius 3 is 2.69 bits per heavy atom. The highest BCUT2D eigenvalue weighted by molar-refractivity contribution is 5.90. The van der Waals surface area contributed by atoms with Crippen molar-refractivity contribution in [3.05, 3.63) is 60.2 Å². The fourth-order valence-electron chi connectivity index (χ4n) is 2.14. The number of likely N-dealkylation sites (N-methyl/N-ethyl adjacent to an activating group) is 1. The molecule has 1 amide bonds. The highest BCUT2D eigenvalue weighted by atomic mass is 19.3. The predicted octanol–water partition coefficient (Wildman–Crippen LogP) is 4.35. The summed E-state index contributed by atoms with van der Waals surface area (Å²) in [5, 5.41) is 0. The van der Waals surface area contributed by atoms with Crippen molar-refractivity contribution in [1.29, 1.82) is 0 Å². The number of hydrogen-bond donors (Lipinski definition) is 1. The quantitative estimate of drug-likeness (QED) is 0.294. The fraction of sp³-hybridized carbons (Fsp3) is 0.381. The molecule has 0 aromatic carbocycles. The van der Waals surface area contributed by atoms with Crippen LogP contribution in [0.15, 0.2) is 70.2 Å². The average Bonchev–Trinajstić information content (AvgIpc) is 2.84. The van der Waals surface area contributed by atoms with E-state index in [0.717, 1.165) is 18.1 Å². The number of rotatable bonds is 7. The number of carbonyl (C=O) groups is 1. The summed E-state index contributed by atoms with van der Waals surface area (Å²) in [6.45, 7) is 10.9. The molecule has 0 radical (unpaired) electrons. The zero-order valence-electron chi connectivity index (χ0n) is 17.4. The van der Waals surface area contributed by atoms with Gasteiger partial charge in [0.1, 0.15) is 6.61 Å². The molecular formula is C21H30F2N4O2. The summed E-state index contributed by atoms with van der Waals surface area (Å²) in [7, 11) is 0. The lowest BCUT2D eigenvalue weighted by Gasteiger charge is -2.13. The number of ether oxygens (including phenoxy) is 1. The molecule has 0 fully saturated rings. The number of nitrogens with two attached hydrogens (primary N) is 1. The number of allylic oxidation sites excluding steroid dienone is 5. The van der Waals surface area contributed by atoms with Gasteiger partial charge in [0.15, 0.2) is 0 Å². The maximum atomic E-state index is 12.2.